The van der Waals surface area contributed by atoms with E-state index in [1.54, 1.807) is 41.5 Å². The molecule has 8 heteroatoms. The summed E-state index contributed by atoms with van der Waals surface area (Å²) in [5.41, 5.74) is 1.05. The molecule has 0 aliphatic carbocycles. The van der Waals surface area contributed by atoms with E-state index in [4.69, 9.17) is 23.8 Å². The van der Waals surface area contributed by atoms with Gasteiger partial charge >= 0.3 is 12.1 Å². The highest BCUT2D eigenvalue weighted by Crippen LogP contribution is 2.07. The van der Waals surface area contributed by atoms with Crippen LogP contribution in [0.3, 0.4) is 0 Å². The first-order chi connectivity index (χ1) is 10.5. The second-order valence-corrected chi connectivity index (χ2v) is 6.70. The van der Waals surface area contributed by atoms with Crippen molar-refractivity contribution >= 4 is 12.1 Å². The maximum Gasteiger partial charge on any atom is 0.431 e. The normalized spacial score (nSPS) is 11.9. The Bertz CT molecular complexity index is 324. The van der Waals surface area contributed by atoms with Gasteiger partial charge in [-0.05, 0) is 41.5 Å². The van der Waals surface area contributed by atoms with E-state index >= 15 is 0 Å². The van der Waals surface area contributed by atoms with Crippen LogP contribution < -0.4 is 5.48 Å². The van der Waals surface area contributed by atoms with Crippen LogP contribution in [0.1, 0.15) is 41.5 Å². The Morgan fingerprint density at radius 2 is 1.30 bits per heavy atom. The molecule has 0 bridgehead atoms. The summed E-state index contributed by atoms with van der Waals surface area (Å²) in [5, 5.41) is 0. The highest BCUT2D eigenvalue weighted by Gasteiger charge is 2.16. The minimum absolute atomic E-state index is 0.114. The van der Waals surface area contributed by atoms with Crippen molar-refractivity contribution in [2.24, 2.45) is 0 Å². The summed E-state index contributed by atoms with van der Waals surface area (Å²) < 4.78 is 20.4. The average molecular weight is 335 g/mol. The molecule has 0 unspecified atom stereocenters. The van der Waals surface area contributed by atoms with Crippen LogP contribution in [0.2, 0.25) is 0 Å². The zero-order chi connectivity index (χ0) is 17.9. The van der Waals surface area contributed by atoms with Crippen molar-refractivity contribution in [2.75, 3.05) is 33.0 Å². The fraction of sp³-hybridized carbons (Fsp3) is 0.867. The van der Waals surface area contributed by atoms with Crippen molar-refractivity contribution in [1.29, 1.82) is 0 Å². The number of hydrogen-bond donors (Lipinski definition) is 1. The molecule has 1 N–H and O–H groups in total. The van der Waals surface area contributed by atoms with Crippen LogP contribution in [0.15, 0.2) is 0 Å². The number of hydrogen-bond acceptors (Lipinski definition) is 7. The van der Waals surface area contributed by atoms with Gasteiger partial charge in [-0.3, -0.25) is 4.84 Å². The predicted octanol–water partition coefficient (Wildman–Crippen LogP) is 1.82. The molecule has 0 saturated carbocycles. The van der Waals surface area contributed by atoms with Gasteiger partial charge in [0.05, 0.1) is 26.4 Å². The van der Waals surface area contributed by atoms with E-state index < -0.39 is 23.3 Å². The summed E-state index contributed by atoms with van der Waals surface area (Å²) in [6, 6.07) is 0. The van der Waals surface area contributed by atoms with Crippen LogP contribution in [-0.2, 0) is 28.6 Å². The lowest BCUT2D eigenvalue weighted by Gasteiger charge is -2.19. The quantitative estimate of drug-likeness (QED) is 0.390. The minimum Gasteiger partial charge on any atom is -0.458 e. The maximum atomic E-state index is 11.3. The van der Waals surface area contributed by atoms with Crippen molar-refractivity contribution in [3.63, 3.8) is 0 Å². The van der Waals surface area contributed by atoms with Gasteiger partial charge in [-0.15, -0.1) is 0 Å². The predicted molar refractivity (Wildman–Crippen MR) is 82.8 cm³/mol. The molecule has 0 heterocycles. The molecule has 0 aromatic carbocycles. The van der Waals surface area contributed by atoms with Gasteiger partial charge in [-0.25, -0.2) is 9.59 Å². The largest absolute Gasteiger partial charge is 0.458 e. The zero-order valence-electron chi connectivity index (χ0n) is 14.9. The Morgan fingerprint density at radius 3 is 1.87 bits per heavy atom. The van der Waals surface area contributed by atoms with Gasteiger partial charge in [-0.2, -0.15) is 5.48 Å². The van der Waals surface area contributed by atoms with E-state index in [0.717, 1.165) is 0 Å². The number of amides is 1. The number of carbonyl (C=O) groups excluding carboxylic acids is 2. The molecule has 0 aromatic heterocycles. The van der Waals surface area contributed by atoms with E-state index in [2.05, 4.69) is 5.48 Å². The van der Waals surface area contributed by atoms with Gasteiger partial charge in [0, 0.05) is 0 Å². The van der Waals surface area contributed by atoms with E-state index in [0.29, 0.717) is 6.61 Å². The number of esters is 1. The van der Waals surface area contributed by atoms with E-state index in [9.17, 15) is 9.59 Å². The fourth-order valence-electron chi connectivity index (χ4n) is 1.26. The lowest BCUT2D eigenvalue weighted by molar-refractivity contribution is -0.160. The van der Waals surface area contributed by atoms with Crippen molar-refractivity contribution in [2.45, 2.75) is 52.7 Å². The maximum absolute atomic E-state index is 11.3. The third-order valence-electron chi connectivity index (χ3n) is 1.90. The topological polar surface area (TPSA) is 92.3 Å². The van der Waals surface area contributed by atoms with Crippen LogP contribution in [0, 0.1) is 0 Å². The van der Waals surface area contributed by atoms with Crippen molar-refractivity contribution in [3.8, 4) is 0 Å². The minimum atomic E-state index is -0.654. The third-order valence-corrected chi connectivity index (χ3v) is 1.90. The Balaban J connectivity index is 3.41. The number of nitrogens with one attached hydrogen (secondary N) is 1. The van der Waals surface area contributed by atoms with Gasteiger partial charge in [0.15, 0.2) is 0 Å². The molecule has 0 saturated heterocycles. The number of ether oxygens (including phenoxy) is 4. The molecule has 8 nitrogen and oxygen atoms in total. The molecule has 0 rings (SSSR count). The van der Waals surface area contributed by atoms with Gasteiger partial charge in [0.25, 0.3) is 0 Å². The van der Waals surface area contributed by atoms with Crippen LogP contribution in [0.5, 0.6) is 0 Å². The summed E-state index contributed by atoms with van der Waals surface area (Å²) >= 11 is 0. The smallest absolute Gasteiger partial charge is 0.431 e. The second-order valence-electron chi connectivity index (χ2n) is 6.70. The molecule has 136 valence electrons. The highest BCUT2D eigenvalue weighted by molar-refractivity contribution is 5.71. The Labute approximate surface area is 137 Å². The van der Waals surface area contributed by atoms with Crippen LogP contribution in [0.4, 0.5) is 4.79 Å². The van der Waals surface area contributed by atoms with Crippen molar-refractivity contribution in [3.05, 3.63) is 0 Å². The molecule has 23 heavy (non-hydrogen) atoms. The fourth-order valence-corrected chi connectivity index (χ4v) is 1.26. The Morgan fingerprint density at radius 1 is 0.783 bits per heavy atom. The van der Waals surface area contributed by atoms with Gasteiger partial charge in [0.2, 0.25) is 0 Å². The van der Waals surface area contributed by atoms with Crippen LogP contribution >= 0.6 is 0 Å². The first-order valence-electron chi connectivity index (χ1n) is 7.48. The van der Waals surface area contributed by atoms with Crippen molar-refractivity contribution < 1.29 is 33.4 Å². The molecule has 0 aliphatic rings. The molecular weight excluding hydrogens is 306 g/mol. The summed E-state index contributed by atoms with van der Waals surface area (Å²) in [6.07, 6.45) is -0.654. The summed E-state index contributed by atoms with van der Waals surface area (Å²) in [4.78, 5) is 27.4. The zero-order valence-corrected chi connectivity index (χ0v) is 14.9. The summed E-state index contributed by atoms with van der Waals surface area (Å²) in [7, 11) is 0. The summed E-state index contributed by atoms with van der Waals surface area (Å²) in [5.74, 6) is -0.414. The number of rotatable bonds is 9. The molecular formula is C15H29NO7. The highest BCUT2D eigenvalue weighted by atomic mass is 16.7. The van der Waals surface area contributed by atoms with Crippen molar-refractivity contribution in [1.82, 2.24) is 5.48 Å². The standard InChI is InChI=1S/C15H29NO7/c1-14(2,3)22-12(17)11-20-8-7-19-9-10-21-16-13(18)23-15(4,5)6/h7-11H2,1-6H3,(H,16,18). The molecule has 0 aromatic rings. The van der Waals surface area contributed by atoms with Crippen LogP contribution in [0.25, 0.3) is 0 Å². The summed E-state index contributed by atoms with van der Waals surface area (Å²) in [6.45, 7) is 11.5. The van der Waals surface area contributed by atoms with Crippen LogP contribution in [-0.4, -0.2) is 56.3 Å². The van der Waals surface area contributed by atoms with Gasteiger partial charge in [-0.1, -0.05) is 0 Å². The Kier molecular flexibility index (Phi) is 9.78. The monoisotopic (exact) mass is 335 g/mol. The molecule has 0 fully saturated rings. The molecule has 0 spiro atoms. The third kappa shape index (κ3) is 16.8. The lowest BCUT2D eigenvalue weighted by Crippen LogP contribution is -2.33. The Hall–Kier alpha value is -1.38. The van der Waals surface area contributed by atoms with E-state index in [1.807, 2.05) is 0 Å². The molecule has 0 atom stereocenters. The average Bonchev–Trinajstić information content (AvgIpc) is 2.32. The first-order valence-corrected chi connectivity index (χ1v) is 7.48. The number of hydroxylamine groups is 1. The number of carbonyl (C=O) groups is 2. The SMILES string of the molecule is CC(C)(C)OC(=O)COCCOCCONC(=O)OC(C)(C)C. The van der Waals surface area contributed by atoms with Gasteiger partial charge in [0.1, 0.15) is 17.8 Å². The second kappa shape index (κ2) is 10.4. The van der Waals surface area contributed by atoms with Gasteiger partial charge < -0.3 is 18.9 Å². The molecule has 1 amide bonds. The molecule has 0 radical (unpaired) electrons. The first kappa shape index (κ1) is 21.6. The molecule has 0 aliphatic heterocycles. The van der Waals surface area contributed by atoms with E-state index in [1.165, 1.54) is 0 Å². The van der Waals surface area contributed by atoms with E-state index in [-0.39, 0.29) is 26.4 Å². The lowest BCUT2D eigenvalue weighted by atomic mass is 10.2.